The van der Waals surface area contributed by atoms with Gasteiger partial charge in [0.1, 0.15) is 11.6 Å². The third-order valence-corrected chi connectivity index (χ3v) is 7.62. The Morgan fingerprint density at radius 2 is 2.15 bits per heavy atom. The van der Waals surface area contributed by atoms with Gasteiger partial charge in [0.15, 0.2) is 0 Å². The summed E-state index contributed by atoms with van der Waals surface area (Å²) < 4.78 is 5.71. The quantitative estimate of drug-likeness (QED) is 0.836. The minimum Gasteiger partial charge on any atom is -0.495 e. The smallest absolute Gasteiger partial charge is 0.134 e. The van der Waals surface area contributed by atoms with Gasteiger partial charge in [-0.3, -0.25) is 4.90 Å². The highest BCUT2D eigenvalue weighted by atomic mass is 16.5. The molecule has 2 saturated heterocycles. The second kappa shape index (κ2) is 4.84. The van der Waals surface area contributed by atoms with Crippen molar-refractivity contribution in [3.8, 4) is 17.6 Å². The Morgan fingerprint density at radius 1 is 1.35 bits per heavy atom. The molecule has 3 aliphatic carbocycles. The Hall–Kier alpha value is -1.99. The molecule has 6 aliphatic rings. The summed E-state index contributed by atoms with van der Waals surface area (Å²) in [5.41, 5.74) is 3.44. The van der Waals surface area contributed by atoms with Crippen molar-refractivity contribution in [1.82, 2.24) is 10.2 Å². The third kappa shape index (κ3) is 1.73. The molecule has 4 heteroatoms. The number of amidine groups is 1. The highest BCUT2D eigenvalue weighted by Crippen LogP contribution is 2.75. The first-order valence-electron chi connectivity index (χ1n) is 9.94. The number of aliphatic imine (C=N–C) groups is 1. The van der Waals surface area contributed by atoms with Crippen LogP contribution >= 0.6 is 0 Å². The maximum absolute atomic E-state index is 5.71. The summed E-state index contributed by atoms with van der Waals surface area (Å²) >= 11 is 0. The van der Waals surface area contributed by atoms with Gasteiger partial charge >= 0.3 is 0 Å². The van der Waals surface area contributed by atoms with Crippen LogP contribution in [0.25, 0.3) is 0 Å². The topological polar surface area (TPSA) is 36.9 Å². The summed E-state index contributed by atoms with van der Waals surface area (Å²) in [5.74, 6) is 12.0. The first kappa shape index (κ1) is 15.1. The van der Waals surface area contributed by atoms with E-state index in [0.717, 1.165) is 46.6 Å². The average Bonchev–Trinajstić information content (AvgIpc) is 3.35. The van der Waals surface area contributed by atoms with Crippen LogP contribution in [0.2, 0.25) is 0 Å². The van der Waals surface area contributed by atoms with Crippen LogP contribution in [0.1, 0.15) is 37.3 Å². The Labute approximate surface area is 155 Å². The lowest BCUT2D eigenvalue weighted by Gasteiger charge is -2.40. The minimum absolute atomic E-state index is 0.0932. The van der Waals surface area contributed by atoms with Crippen LogP contribution in [0.15, 0.2) is 17.1 Å². The second-order valence-electron chi connectivity index (χ2n) is 8.67. The van der Waals surface area contributed by atoms with Crippen molar-refractivity contribution in [2.45, 2.75) is 43.7 Å². The fraction of sp³-hybridized carbons (Fsp3) is 0.591. The molecule has 1 spiro atoms. The van der Waals surface area contributed by atoms with Crippen molar-refractivity contribution in [2.24, 2.45) is 22.7 Å². The summed E-state index contributed by atoms with van der Waals surface area (Å²) in [6.07, 6.45) is 3.61. The van der Waals surface area contributed by atoms with Crippen LogP contribution in [-0.2, 0) is 5.41 Å². The normalized spacial score (nSPS) is 34.8. The van der Waals surface area contributed by atoms with Crippen molar-refractivity contribution in [1.29, 1.82) is 0 Å². The molecule has 3 heterocycles. The number of methoxy groups -OCH3 is 1. The number of hydrogen-bond acceptors (Lipinski definition) is 4. The van der Waals surface area contributed by atoms with Gasteiger partial charge in [-0.05, 0) is 55.2 Å². The number of benzene rings is 1. The zero-order valence-corrected chi connectivity index (χ0v) is 15.7. The summed E-state index contributed by atoms with van der Waals surface area (Å²) in [6.45, 7) is 3.50. The largest absolute Gasteiger partial charge is 0.495 e. The van der Waals surface area contributed by atoms with E-state index in [4.69, 9.17) is 9.73 Å². The maximum atomic E-state index is 5.71. The monoisotopic (exact) mass is 347 g/mol. The molecule has 4 nitrogen and oxygen atoms in total. The first-order chi connectivity index (χ1) is 12.7. The minimum atomic E-state index is 0.0932. The molecular formula is C22H25N3O. The SMILES string of the molecule is CNC1=Nc2cc(C#C[C@@H](C)N3CC4C5C4C53)c(OC)cc2C12CCC2. The Bertz CT molecular complexity index is 887. The highest BCUT2D eigenvalue weighted by Gasteiger charge is 2.80. The number of fused-ring (bicyclic) bond motifs is 3. The van der Waals surface area contributed by atoms with Crippen molar-refractivity contribution in [3.05, 3.63) is 23.3 Å². The Kier molecular flexibility index (Phi) is 2.81. The predicted molar refractivity (Wildman–Crippen MR) is 102 cm³/mol. The third-order valence-electron chi connectivity index (χ3n) is 7.62. The molecule has 0 amide bonds. The summed E-state index contributed by atoms with van der Waals surface area (Å²) in [5, 5.41) is 3.33. The van der Waals surface area contributed by atoms with E-state index in [1.165, 1.54) is 31.4 Å². The number of ether oxygens (including phenoxy) is 1. The van der Waals surface area contributed by atoms with Crippen molar-refractivity contribution < 1.29 is 4.74 Å². The van der Waals surface area contributed by atoms with Gasteiger partial charge in [-0.2, -0.15) is 0 Å². The van der Waals surface area contributed by atoms with Gasteiger partial charge in [0.25, 0.3) is 0 Å². The van der Waals surface area contributed by atoms with Gasteiger partial charge in [0.05, 0.1) is 29.8 Å². The van der Waals surface area contributed by atoms with E-state index in [2.05, 4.69) is 41.1 Å². The first-order valence-corrected chi connectivity index (χ1v) is 9.94. The summed E-state index contributed by atoms with van der Waals surface area (Å²) in [4.78, 5) is 7.48. The zero-order chi connectivity index (χ0) is 17.6. The van der Waals surface area contributed by atoms with Crippen molar-refractivity contribution >= 4 is 11.5 Å². The fourth-order valence-corrected chi connectivity index (χ4v) is 5.86. The highest BCUT2D eigenvalue weighted by molar-refractivity contribution is 6.01. The molecule has 1 N–H and O–H groups in total. The molecule has 1 aromatic carbocycles. The predicted octanol–water partition coefficient (Wildman–Crippen LogP) is 2.68. The Morgan fingerprint density at radius 3 is 2.73 bits per heavy atom. The number of rotatable bonds is 2. The molecule has 5 fully saturated rings. The van der Waals surface area contributed by atoms with Gasteiger partial charge in [0, 0.05) is 19.6 Å². The van der Waals surface area contributed by atoms with Crippen LogP contribution in [0.3, 0.4) is 0 Å². The number of nitrogens with one attached hydrogen (secondary N) is 1. The lowest BCUT2D eigenvalue weighted by atomic mass is 9.64. The van der Waals surface area contributed by atoms with E-state index >= 15 is 0 Å². The summed E-state index contributed by atoms with van der Waals surface area (Å²) in [6, 6.07) is 5.50. The molecule has 134 valence electrons. The molecule has 26 heavy (non-hydrogen) atoms. The zero-order valence-electron chi connectivity index (χ0n) is 15.7. The van der Waals surface area contributed by atoms with E-state index in [9.17, 15) is 0 Å². The number of piperidine rings is 1. The number of nitrogens with zero attached hydrogens (tertiary/aromatic N) is 2. The molecule has 1 aromatic rings. The van der Waals surface area contributed by atoms with Gasteiger partial charge in [0.2, 0.25) is 0 Å². The van der Waals surface area contributed by atoms with Gasteiger partial charge in [-0.1, -0.05) is 18.3 Å². The van der Waals surface area contributed by atoms with E-state index in [1.807, 2.05) is 7.05 Å². The van der Waals surface area contributed by atoms with Gasteiger partial charge < -0.3 is 10.1 Å². The van der Waals surface area contributed by atoms with Gasteiger partial charge in [-0.15, -0.1) is 0 Å². The molecule has 7 rings (SSSR count). The second-order valence-corrected chi connectivity index (χ2v) is 8.67. The molecule has 3 atom stereocenters. The molecular weight excluding hydrogens is 322 g/mol. The van der Waals surface area contributed by atoms with Gasteiger partial charge in [-0.25, -0.2) is 4.99 Å². The van der Waals surface area contributed by atoms with Crippen molar-refractivity contribution in [2.75, 3.05) is 20.7 Å². The molecule has 2 bridgehead atoms. The lowest BCUT2D eigenvalue weighted by Crippen LogP contribution is -2.45. The van der Waals surface area contributed by atoms with Crippen LogP contribution in [0, 0.1) is 29.6 Å². The molecule has 0 radical (unpaired) electrons. The van der Waals surface area contributed by atoms with E-state index in [1.54, 1.807) is 7.11 Å². The molecule has 3 saturated carbocycles. The van der Waals surface area contributed by atoms with Crippen LogP contribution in [-0.4, -0.2) is 43.5 Å². The van der Waals surface area contributed by atoms with E-state index in [-0.39, 0.29) is 5.41 Å². The van der Waals surface area contributed by atoms with Crippen LogP contribution in [0.4, 0.5) is 5.69 Å². The number of hydrogen-bond donors (Lipinski definition) is 1. The summed E-state index contributed by atoms with van der Waals surface area (Å²) in [7, 11) is 3.73. The standard InChI is InChI=1S/C22H25N3O/c1-12(25-11-14-18-19(14)20(18)25)5-6-13-9-16-15(10-17(13)26-3)22(7-4-8-22)21(23-2)24-16/h9-10,12,14,18-20H,4,7-8,11H2,1-3H3,(H,23,24)/t12-,14?,18?,19?,20?/m1/s1. The average molecular weight is 347 g/mol. The fourth-order valence-electron chi connectivity index (χ4n) is 5.86. The Balaban J connectivity index is 1.33. The lowest BCUT2D eigenvalue weighted by molar-refractivity contribution is 0.290. The molecule has 3 aliphatic heterocycles. The van der Waals surface area contributed by atoms with Crippen molar-refractivity contribution in [3.63, 3.8) is 0 Å². The molecule has 2 unspecified atom stereocenters. The van der Waals surface area contributed by atoms with Crippen LogP contribution in [0.5, 0.6) is 5.75 Å². The van der Waals surface area contributed by atoms with Crippen LogP contribution < -0.4 is 10.1 Å². The maximum Gasteiger partial charge on any atom is 0.134 e. The number of likely N-dealkylation sites (N-methyl/N-ethyl adjacent to an activating group) is 1. The van der Waals surface area contributed by atoms with E-state index in [0.29, 0.717) is 6.04 Å². The van der Waals surface area contributed by atoms with E-state index < -0.39 is 0 Å². The molecule has 0 aromatic heterocycles.